The number of hydrogen-bond acceptors (Lipinski definition) is 5. The van der Waals surface area contributed by atoms with Crippen LogP contribution in [0.2, 0.25) is 5.02 Å². The van der Waals surface area contributed by atoms with E-state index in [-0.39, 0.29) is 27.1 Å². The Kier molecular flexibility index (Phi) is 7.00. The lowest BCUT2D eigenvalue weighted by molar-refractivity contribution is 0.0747. The maximum Gasteiger partial charge on any atom is 0.261 e. The molecule has 0 unspecified atom stereocenters. The third kappa shape index (κ3) is 5.13. The number of ether oxygens (including phenoxy) is 1. The van der Waals surface area contributed by atoms with Gasteiger partial charge in [-0.05, 0) is 49.4 Å². The van der Waals surface area contributed by atoms with Crippen molar-refractivity contribution in [2.24, 2.45) is 0 Å². The van der Waals surface area contributed by atoms with Gasteiger partial charge in [-0.15, -0.1) is 0 Å². The summed E-state index contributed by atoms with van der Waals surface area (Å²) in [6.45, 7) is 4.18. The first kappa shape index (κ1) is 23.9. The first-order valence-electron chi connectivity index (χ1n) is 10.8. The summed E-state index contributed by atoms with van der Waals surface area (Å²) in [5.74, 6) is 0.556. The lowest BCUT2D eigenvalue weighted by Crippen LogP contribution is -2.49. The van der Waals surface area contributed by atoms with Crippen molar-refractivity contribution in [1.82, 2.24) is 4.90 Å². The van der Waals surface area contributed by atoms with Crippen molar-refractivity contribution >= 4 is 38.9 Å². The van der Waals surface area contributed by atoms with Gasteiger partial charge in [-0.3, -0.25) is 9.52 Å². The average molecular weight is 500 g/mol. The highest BCUT2D eigenvalue weighted by Crippen LogP contribution is 2.29. The van der Waals surface area contributed by atoms with Gasteiger partial charge in [-0.2, -0.15) is 0 Å². The van der Waals surface area contributed by atoms with E-state index >= 15 is 0 Å². The van der Waals surface area contributed by atoms with Gasteiger partial charge in [0.15, 0.2) is 0 Å². The number of carbonyl (C=O) groups is 1. The zero-order valence-electron chi connectivity index (χ0n) is 19.0. The van der Waals surface area contributed by atoms with Crippen LogP contribution in [0.1, 0.15) is 15.9 Å². The van der Waals surface area contributed by atoms with Crippen LogP contribution in [-0.2, 0) is 10.0 Å². The molecule has 3 aromatic rings. The van der Waals surface area contributed by atoms with Gasteiger partial charge in [-0.1, -0.05) is 41.4 Å². The lowest BCUT2D eigenvalue weighted by atomic mass is 10.1. The van der Waals surface area contributed by atoms with Gasteiger partial charge >= 0.3 is 0 Å². The Morgan fingerprint density at radius 2 is 1.65 bits per heavy atom. The molecule has 9 heteroatoms. The third-order valence-electron chi connectivity index (χ3n) is 5.77. The molecule has 1 amide bonds. The molecule has 4 rings (SSSR count). The average Bonchev–Trinajstić information content (AvgIpc) is 2.85. The van der Waals surface area contributed by atoms with Gasteiger partial charge in [0.1, 0.15) is 5.75 Å². The first-order valence-corrected chi connectivity index (χ1v) is 12.7. The summed E-state index contributed by atoms with van der Waals surface area (Å²) in [6.07, 6.45) is 0. The Hall–Kier alpha value is -3.23. The number of methoxy groups -OCH3 is 1. The van der Waals surface area contributed by atoms with Crippen LogP contribution in [0, 0.1) is 6.92 Å². The maximum atomic E-state index is 13.2. The molecule has 34 heavy (non-hydrogen) atoms. The molecule has 7 nitrogen and oxygen atoms in total. The number of halogens is 1. The summed E-state index contributed by atoms with van der Waals surface area (Å²) in [6, 6.07) is 18.9. The number of benzene rings is 3. The summed E-state index contributed by atoms with van der Waals surface area (Å²) in [4.78, 5) is 17.3. The molecular weight excluding hydrogens is 474 g/mol. The van der Waals surface area contributed by atoms with Crippen molar-refractivity contribution in [3.05, 3.63) is 82.9 Å². The van der Waals surface area contributed by atoms with Crippen molar-refractivity contribution < 1.29 is 17.9 Å². The number of carbonyl (C=O) groups excluding carboxylic acids is 1. The molecular formula is C25H26ClN3O4S. The quantitative estimate of drug-likeness (QED) is 0.543. The van der Waals surface area contributed by atoms with E-state index in [1.807, 2.05) is 31.2 Å². The van der Waals surface area contributed by atoms with Gasteiger partial charge in [-0.25, -0.2) is 8.42 Å². The van der Waals surface area contributed by atoms with Crippen LogP contribution in [-0.4, -0.2) is 52.5 Å². The van der Waals surface area contributed by atoms with Crippen molar-refractivity contribution in [3.63, 3.8) is 0 Å². The molecule has 178 valence electrons. The molecule has 1 heterocycles. The number of para-hydroxylation sites is 2. The Morgan fingerprint density at radius 3 is 2.32 bits per heavy atom. The van der Waals surface area contributed by atoms with Crippen molar-refractivity contribution in [1.29, 1.82) is 0 Å². The molecule has 0 saturated carbocycles. The predicted octanol–water partition coefficient (Wildman–Crippen LogP) is 4.42. The zero-order valence-corrected chi connectivity index (χ0v) is 20.6. The summed E-state index contributed by atoms with van der Waals surface area (Å²) in [5.41, 5.74) is 2.49. The summed E-state index contributed by atoms with van der Waals surface area (Å²) < 4.78 is 33.5. The molecule has 3 aromatic carbocycles. The molecule has 0 aromatic heterocycles. The van der Waals surface area contributed by atoms with E-state index in [4.69, 9.17) is 16.3 Å². The second-order valence-corrected chi connectivity index (χ2v) is 10.2. The third-order valence-corrected chi connectivity index (χ3v) is 7.50. The lowest BCUT2D eigenvalue weighted by Gasteiger charge is -2.36. The molecule has 0 bridgehead atoms. The van der Waals surface area contributed by atoms with Gasteiger partial charge in [0.05, 0.1) is 28.3 Å². The number of nitrogens with zero attached hydrogens (tertiary/aromatic N) is 2. The van der Waals surface area contributed by atoms with E-state index < -0.39 is 10.0 Å². The number of rotatable bonds is 6. The van der Waals surface area contributed by atoms with Crippen molar-refractivity contribution in [2.45, 2.75) is 11.8 Å². The first-order chi connectivity index (χ1) is 16.3. The van der Waals surface area contributed by atoms with Crippen LogP contribution in [0.15, 0.2) is 71.6 Å². The topological polar surface area (TPSA) is 79.0 Å². The highest BCUT2D eigenvalue weighted by molar-refractivity contribution is 7.92. The Balaban J connectivity index is 1.48. The monoisotopic (exact) mass is 499 g/mol. The Labute approximate surface area is 205 Å². The SMILES string of the molecule is COc1ccccc1N1CCN(C(=O)c2cc(NS(=O)(=O)c3ccc(C)cc3)ccc2Cl)CC1. The van der Waals surface area contributed by atoms with Gasteiger partial charge in [0, 0.05) is 31.9 Å². The number of sulfonamides is 1. The fourth-order valence-corrected chi connectivity index (χ4v) is 5.14. The predicted molar refractivity (Wildman–Crippen MR) is 135 cm³/mol. The number of anilines is 2. The molecule has 1 N–H and O–H groups in total. The van der Waals surface area contributed by atoms with Crippen molar-refractivity contribution in [2.75, 3.05) is 42.9 Å². The molecule has 0 atom stereocenters. The van der Waals surface area contributed by atoms with Gasteiger partial charge in [0.2, 0.25) is 0 Å². The Bertz CT molecular complexity index is 1290. The normalized spacial score (nSPS) is 14.1. The molecule has 1 aliphatic rings. The van der Waals surface area contributed by atoms with Crippen LogP contribution >= 0.6 is 11.6 Å². The molecule has 1 saturated heterocycles. The smallest absolute Gasteiger partial charge is 0.261 e. The second-order valence-electron chi connectivity index (χ2n) is 8.06. The maximum absolute atomic E-state index is 13.2. The van der Waals surface area contributed by atoms with Crippen LogP contribution < -0.4 is 14.4 Å². The zero-order chi connectivity index (χ0) is 24.3. The summed E-state index contributed by atoms with van der Waals surface area (Å²) in [5, 5.41) is 0.274. The van der Waals surface area contributed by atoms with Crippen molar-refractivity contribution in [3.8, 4) is 5.75 Å². The summed E-state index contributed by atoms with van der Waals surface area (Å²) in [7, 11) is -2.15. The minimum absolute atomic E-state index is 0.147. The number of amides is 1. The van der Waals surface area contributed by atoms with Crippen LogP contribution in [0.3, 0.4) is 0 Å². The number of nitrogens with one attached hydrogen (secondary N) is 1. The van der Waals surface area contributed by atoms with Crippen LogP contribution in [0.5, 0.6) is 5.75 Å². The van der Waals surface area contributed by atoms with E-state index in [9.17, 15) is 13.2 Å². The number of aryl methyl sites for hydroxylation is 1. The Morgan fingerprint density at radius 1 is 0.971 bits per heavy atom. The van der Waals surface area contributed by atoms with Gasteiger partial charge < -0.3 is 14.5 Å². The van der Waals surface area contributed by atoms with E-state index in [0.29, 0.717) is 26.2 Å². The standard InChI is InChI=1S/C25H26ClN3O4S/c1-18-7-10-20(11-8-18)34(31,32)27-19-9-12-22(26)21(17-19)25(30)29-15-13-28(14-16-29)23-5-3-4-6-24(23)33-2/h3-12,17,27H,13-16H2,1-2H3. The molecule has 0 radical (unpaired) electrons. The second kappa shape index (κ2) is 9.95. The molecule has 1 fully saturated rings. The highest BCUT2D eigenvalue weighted by atomic mass is 35.5. The number of piperazine rings is 1. The highest BCUT2D eigenvalue weighted by Gasteiger charge is 2.25. The molecule has 1 aliphatic heterocycles. The minimum Gasteiger partial charge on any atom is -0.495 e. The summed E-state index contributed by atoms with van der Waals surface area (Å²) >= 11 is 6.33. The van der Waals surface area contributed by atoms with Crippen LogP contribution in [0.4, 0.5) is 11.4 Å². The fraction of sp³-hybridized carbons (Fsp3) is 0.240. The van der Waals surface area contributed by atoms with E-state index in [1.54, 1.807) is 42.3 Å². The largest absolute Gasteiger partial charge is 0.495 e. The molecule has 0 aliphatic carbocycles. The molecule has 0 spiro atoms. The number of hydrogen-bond donors (Lipinski definition) is 1. The van der Waals surface area contributed by atoms with E-state index in [2.05, 4.69) is 9.62 Å². The van der Waals surface area contributed by atoms with Gasteiger partial charge in [0.25, 0.3) is 15.9 Å². The minimum atomic E-state index is -3.79. The fourth-order valence-electron chi connectivity index (χ4n) is 3.90. The van der Waals surface area contributed by atoms with Crippen LogP contribution in [0.25, 0.3) is 0 Å². The van der Waals surface area contributed by atoms with E-state index in [1.165, 1.54) is 12.1 Å². The van der Waals surface area contributed by atoms with E-state index in [0.717, 1.165) is 17.0 Å².